The van der Waals surface area contributed by atoms with Gasteiger partial charge in [-0.3, -0.25) is 20.2 Å². The Morgan fingerprint density at radius 2 is 1.74 bits per heavy atom. The van der Waals surface area contributed by atoms with Crippen molar-refractivity contribution in [2.24, 2.45) is 10.2 Å². The molecule has 3 aromatic rings. The molecule has 0 fully saturated rings. The molecule has 27 heavy (non-hydrogen) atoms. The molecular formula is C17H15N5O5. The molecule has 1 heterocycles. The number of aromatic nitrogens is 1. The second-order valence-corrected chi connectivity index (χ2v) is 6.04. The maximum absolute atomic E-state index is 11.2. The fourth-order valence-electron chi connectivity index (χ4n) is 2.81. The van der Waals surface area contributed by atoms with Crippen molar-refractivity contribution in [3.63, 3.8) is 0 Å². The molecule has 0 aliphatic heterocycles. The number of rotatable bonds is 5. The van der Waals surface area contributed by atoms with Crippen LogP contribution in [0.3, 0.4) is 0 Å². The third kappa shape index (κ3) is 3.19. The maximum Gasteiger partial charge on any atom is 0.303 e. The van der Waals surface area contributed by atoms with Gasteiger partial charge in [0.05, 0.1) is 21.4 Å². The van der Waals surface area contributed by atoms with Crippen LogP contribution in [0.1, 0.15) is 19.9 Å². The summed E-state index contributed by atoms with van der Waals surface area (Å²) >= 11 is 0. The van der Waals surface area contributed by atoms with E-state index in [0.29, 0.717) is 5.39 Å². The highest BCUT2D eigenvalue weighted by molar-refractivity contribution is 5.95. The Kier molecular flexibility index (Phi) is 4.55. The van der Waals surface area contributed by atoms with Gasteiger partial charge in [-0.25, -0.2) is 0 Å². The van der Waals surface area contributed by atoms with E-state index in [1.807, 2.05) is 26.0 Å². The first-order valence-electron chi connectivity index (χ1n) is 7.97. The van der Waals surface area contributed by atoms with E-state index < -0.39 is 21.2 Å². The minimum Gasteiger partial charge on any atom is -0.493 e. The molecule has 3 rings (SSSR count). The topological polar surface area (TPSA) is 136 Å². The van der Waals surface area contributed by atoms with Gasteiger partial charge < -0.3 is 9.67 Å². The van der Waals surface area contributed by atoms with Crippen molar-refractivity contribution >= 4 is 33.7 Å². The molecule has 0 saturated carbocycles. The summed E-state index contributed by atoms with van der Waals surface area (Å²) < 4.78 is 1.67. The Balaban J connectivity index is 2.14. The van der Waals surface area contributed by atoms with Crippen LogP contribution in [0.5, 0.6) is 5.88 Å². The fourth-order valence-corrected chi connectivity index (χ4v) is 2.81. The van der Waals surface area contributed by atoms with Gasteiger partial charge in [-0.2, -0.15) is 0 Å². The van der Waals surface area contributed by atoms with Crippen LogP contribution in [0, 0.1) is 20.2 Å². The molecule has 138 valence electrons. The lowest BCUT2D eigenvalue weighted by Crippen LogP contribution is -1.98. The maximum atomic E-state index is 11.2. The van der Waals surface area contributed by atoms with Gasteiger partial charge in [-0.15, -0.1) is 10.2 Å². The minimum atomic E-state index is -0.765. The lowest BCUT2D eigenvalue weighted by molar-refractivity contribution is -0.393. The Labute approximate surface area is 152 Å². The predicted molar refractivity (Wildman–Crippen MR) is 97.9 cm³/mol. The molecule has 0 atom stereocenters. The number of aromatic hydroxyl groups is 1. The third-order valence-electron chi connectivity index (χ3n) is 4.00. The van der Waals surface area contributed by atoms with Crippen molar-refractivity contribution in [2.75, 3.05) is 0 Å². The number of azo groups is 1. The second kappa shape index (κ2) is 6.83. The Hall–Kier alpha value is -3.82. The number of hydrogen-bond acceptors (Lipinski definition) is 7. The fraction of sp³-hybridized carbons (Fsp3) is 0.176. The first-order valence-corrected chi connectivity index (χ1v) is 7.97. The van der Waals surface area contributed by atoms with Crippen LogP contribution in [0.2, 0.25) is 0 Å². The molecule has 0 aliphatic carbocycles. The number of nitro groups is 2. The Bertz CT molecular complexity index is 1090. The smallest absolute Gasteiger partial charge is 0.303 e. The van der Waals surface area contributed by atoms with Gasteiger partial charge in [0.25, 0.3) is 5.69 Å². The summed E-state index contributed by atoms with van der Waals surface area (Å²) in [6.45, 7) is 3.79. The Morgan fingerprint density at radius 3 is 2.37 bits per heavy atom. The van der Waals surface area contributed by atoms with E-state index in [0.717, 1.165) is 23.7 Å². The average Bonchev–Trinajstić information content (AvgIpc) is 2.91. The highest BCUT2D eigenvalue weighted by Crippen LogP contribution is 2.42. The van der Waals surface area contributed by atoms with Gasteiger partial charge >= 0.3 is 5.69 Å². The molecule has 10 nitrogen and oxygen atoms in total. The number of nitro benzene ring substituents is 2. The summed E-state index contributed by atoms with van der Waals surface area (Å²) in [5.41, 5.74) is -0.185. The molecule has 0 radical (unpaired) electrons. The Morgan fingerprint density at radius 1 is 1.04 bits per heavy atom. The molecule has 1 aromatic heterocycles. The van der Waals surface area contributed by atoms with Crippen LogP contribution in [0.4, 0.5) is 22.7 Å². The number of non-ortho nitro benzene ring substituents is 1. The predicted octanol–water partition coefficient (Wildman–Crippen LogP) is 5.16. The molecule has 10 heteroatoms. The van der Waals surface area contributed by atoms with Crippen molar-refractivity contribution in [1.82, 2.24) is 4.57 Å². The zero-order chi connectivity index (χ0) is 19.7. The van der Waals surface area contributed by atoms with Gasteiger partial charge in [-0.1, -0.05) is 18.2 Å². The lowest BCUT2D eigenvalue weighted by Gasteiger charge is -2.10. The van der Waals surface area contributed by atoms with E-state index in [1.165, 1.54) is 0 Å². The van der Waals surface area contributed by atoms with E-state index in [1.54, 1.807) is 16.7 Å². The monoisotopic (exact) mass is 369 g/mol. The highest BCUT2D eigenvalue weighted by Gasteiger charge is 2.21. The van der Waals surface area contributed by atoms with Crippen LogP contribution in [0.25, 0.3) is 10.9 Å². The van der Waals surface area contributed by atoms with E-state index in [-0.39, 0.29) is 23.3 Å². The van der Waals surface area contributed by atoms with Gasteiger partial charge in [0.15, 0.2) is 11.4 Å². The van der Waals surface area contributed by atoms with Crippen molar-refractivity contribution in [1.29, 1.82) is 0 Å². The molecule has 0 saturated heterocycles. The summed E-state index contributed by atoms with van der Waals surface area (Å²) in [5, 5.41) is 41.1. The molecule has 0 unspecified atom stereocenters. The first kappa shape index (κ1) is 18.0. The van der Waals surface area contributed by atoms with Gasteiger partial charge in [0.2, 0.25) is 5.88 Å². The summed E-state index contributed by atoms with van der Waals surface area (Å²) in [6, 6.07) is 10.2. The lowest BCUT2D eigenvalue weighted by atomic mass is 10.2. The van der Waals surface area contributed by atoms with Gasteiger partial charge in [0, 0.05) is 17.5 Å². The molecule has 0 bridgehead atoms. The van der Waals surface area contributed by atoms with E-state index in [9.17, 15) is 25.3 Å². The van der Waals surface area contributed by atoms with E-state index >= 15 is 0 Å². The third-order valence-corrected chi connectivity index (χ3v) is 4.00. The first-order chi connectivity index (χ1) is 12.8. The summed E-state index contributed by atoms with van der Waals surface area (Å²) in [5.74, 6) is -0.112. The SMILES string of the molecule is CC(C)n1c(O)c(N=Nc2ccc([N+](=O)[O-])cc2[N+](=O)[O-])c2ccccc21. The summed E-state index contributed by atoms with van der Waals surface area (Å²) in [6.07, 6.45) is 0. The number of hydrogen-bond donors (Lipinski definition) is 1. The summed E-state index contributed by atoms with van der Waals surface area (Å²) in [7, 11) is 0. The normalized spacial score (nSPS) is 11.5. The van der Waals surface area contributed by atoms with Crippen molar-refractivity contribution < 1.29 is 15.0 Å². The van der Waals surface area contributed by atoms with Crippen LogP contribution < -0.4 is 0 Å². The highest BCUT2D eigenvalue weighted by atomic mass is 16.6. The quantitative estimate of drug-likeness (QED) is 0.376. The number of fused-ring (bicyclic) bond motifs is 1. The van der Waals surface area contributed by atoms with Crippen LogP contribution in [-0.4, -0.2) is 19.5 Å². The number of para-hydroxylation sites is 1. The van der Waals surface area contributed by atoms with E-state index in [2.05, 4.69) is 10.2 Å². The molecular weight excluding hydrogens is 354 g/mol. The summed E-state index contributed by atoms with van der Waals surface area (Å²) in [4.78, 5) is 20.5. The largest absolute Gasteiger partial charge is 0.493 e. The molecule has 0 amide bonds. The number of benzene rings is 2. The van der Waals surface area contributed by atoms with E-state index in [4.69, 9.17) is 0 Å². The zero-order valence-electron chi connectivity index (χ0n) is 14.4. The molecule has 2 aromatic carbocycles. The van der Waals surface area contributed by atoms with Crippen LogP contribution in [-0.2, 0) is 0 Å². The van der Waals surface area contributed by atoms with Gasteiger partial charge in [-0.05, 0) is 26.0 Å². The van der Waals surface area contributed by atoms with Crippen LogP contribution >= 0.6 is 0 Å². The standard InChI is InChI=1S/C17H15N5O5/c1-10(2)20-14-6-4-3-5-12(14)16(17(20)23)19-18-13-8-7-11(21(24)25)9-15(13)22(26)27/h3-10,23H,1-2H3. The number of nitrogens with zero attached hydrogens (tertiary/aromatic N) is 5. The van der Waals surface area contributed by atoms with Gasteiger partial charge in [0.1, 0.15) is 0 Å². The zero-order valence-corrected chi connectivity index (χ0v) is 14.4. The van der Waals surface area contributed by atoms with Crippen LogP contribution in [0.15, 0.2) is 52.7 Å². The van der Waals surface area contributed by atoms with Crippen molar-refractivity contribution in [3.8, 4) is 5.88 Å². The molecule has 0 aliphatic rings. The average molecular weight is 369 g/mol. The molecule has 0 spiro atoms. The second-order valence-electron chi connectivity index (χ2n) is 6.04. The molecule has 1 N–H and O–H groups in total. The van der Waals surface area contributed by atoms with Crippen molar-refractivity contribution in [2.45, 2.75) is 19.9 Å². The van der Waals surface area contributed by atoms with Crippen molar-refractivity contribution in [3.05, 3.63) is 62.7 Å². The minimum absolute atomic E-state index is 0.0486.